The van der Waals surface area contributed by atoms with Crippen LogP contribution in [0.15, 0.2) is 12.4 Å². The summed E-state index contributed by atoms with van der Waals surface area (Å²) in [4.78, 5) is 2.18. The van der Waals surface area contributed by atoms with Gasteiger partial charge in [-0.2, -0.15) is 0 Å². The summed E-state index contributed by atoms with van der Waals surface area (Å²) < 4.78 is 0. The van der Waals surface area contributed by atoms with E-state index in [1.807, 2.05) is 6.20 Å². The third-order valence-corrected chi connectivity index (χ3v) is 1.21. The Hall–Kier alpha value is -0.660. The van der Waals surface area contributed by atoms with Gasteiger partial charge in [0.05, 0.1) is 0 Å². The molecular formula is C7H16N2. The first-order valence-corrected chi connectivity index (χ1v) is 3.47. The SMILES string of the molecule is CCCN(/C=C\N)CC. The fourth-order valence-electron chi connectivity index (χ4n) is 0.747. The minimum atomic E-state index is 1.04. The summed E-state index contributed by atoms with van der Waals surface area (Å²) in [6.45, 7) is 6.43. The Morgan fingerprint density at radius 2 is 2.11 bits per heavy atom. The molecule has 0 saturated heterocycles. The highest BCUT2D eigenvalue weighted by Crippen LogP contribution is 1.89. The first kappa shape index (κ1) is 8.34. The normalized spacial score (nSPS) is 10.4. The van der Waals surface area contributed by atoms with Crippen molar-refractivity contribution in [1.29, 1.82) is 0 Å². The highest BCUT2D eigenvalue weighted by molar-refractivity contribution is 4.75. The molecule has 2 N–H and O–H groups in total. The van der Waals surface area contributed by atoms with Crippen molar-refractivity contribution in [2.75, 3.05) is 13.1 Å². The van der Waals surface area contributed by atoms with E-state index in [1.165, 1.54) is 6.42 Å². The summed E-state index contributed by atoms with van der Waals surface area (Å²) in [5.41, 5.74) is 5.21. The Morgan fingerprint density at radius 1 is 1.44 bits per heavy atom. The third-order valence-electron chi connectivity index (χ3n) is 1.21. The fourth-order valence-corrected chi connectivity index (χ4v) is 0.747. The van der Waals surface area contributed by atoms with Gasteiger partial charge >= 0.3 is 0 Å². The van der Waals surface area contributed by atoms with Gasteiger partial charge in [0.25, 0.3) is 0 Å². The minimum Gasteiger partial charge on any atom is -0.403 e. The number of nitrogens with zero attached hydrogens (tertiary/aromatic N) is 1. The van der Waals surface area contributed by atoms with Gasteiger partial charge in [0.15, 0.2) is 0 Å². The van der Waals surface area contributed by atoms with Crippen LogP contribution in [0.3, 0.4) is 0 Å². The quantitative estimate of drug-likeness (QED) is 0.615. The van der Waals surface area contributed by atoms with Crippen molar-refractivity contribution in [3.8, 4) is 0 Å². The van der Waals surface area contributed by atoms with Crippen LogP contribution < -0.4 is 5.73 Å². The Labute approximate surface area is 57.3 Å². The molecule has 0 radical (unpaired) electrons. The van der Waals surface area contributed by atoms with Crippen molar-refractivity contribution in [2.24, 2.45) is 5.73 Å². The van der Waals surface area contributed by atoms with Crippen molar-refractivity contribution in [3.05, 3.63) is 12.4 Å². The molecule has 0 heterocycles. The van der Waals surface area contributed by atoms with Crippen LogP contribution in [0, 0.1) is 0 Å². The molecule has 2 heteroatoms. The summed E-state index contributed by atoms with van der Waals surface area (Å²) in [6.07, 6.45) is 4.68. The van der Waals surface area contributed by atoms with Crippen molar-refractivity contribution >= 4 is 0 Å². The summed E-state index contributed by atoms with van der Waals surface area (Å²) in [6, 6.07) is 0. The average molecular weight is 128 g/mol. The van der Waals surface area contributed by atoms with E-state index in [0.717, 1.165) is 13.1 Å². The second-order valence-corrected chi connectivity index (χ2v) is 1.97. The van der Waals surface area contributed by atoms with Crippen LogP contribution >= 0.6 is 0 Å². The Balaban J connectivity index is 3.41. The third kappa shape index (κ3) is 3.88. The van der Waals surface area contributed by atoms with E-state index in [-0.39, 0.29) is 0 Å². The van der Waals surface area contributed by atoms with Gasteiger partial charge in [-0.05, 0) is 13.3 Å². The lowest BCUT2D eigenvalue weighted by Gasteiger charge is -2.15. The number of nitrogens with two attached hydrogens (primary N) is 1. The molecule has 0 saturated carbocycles. The molecule has 0 fully saturated rings. The van der Waals surface area contributed by atoms with Crippen LogP contribution in [0.5, 0.6) is 0 Å². The predicted octanol–water partition coefficient (Wildman–Crippen LogP) is 1.15. The Kier molecular flexibility index (Phi) is 5.07. The molecule has 0 bridgehead atoms. The van der Waals surface area contributed by atoms with Crippen molar-refractivity contribution in [2.45, 2.75) is 20.3 Å². The molecule has 0 aromatic rings. The van der Waals surface area contributed by atoms with Crippen LogP contribution in [0.25, 0.3) is 0 Å². The lowest BCUT2D eigenvalue weighted by Crippen LogP contribution is -2.17. The van der Waals surface area contributed by atoms with Crippen LogP contribution in [0.4, 0.5) is 0 Å². The van der Waals surface area contributed by atoms with Crippen LogP contribution in [0.1, 0.15) is 20.3 Å². The highest BCUT2D eigenvalue weighted by Gasteiger charge is 1.89. The van der Waals surface area contributed by atoms with Gasteiger partial charge in [0, 0.05) is 25.5 Å². The van der Waals surface area contributed by atoms with Gasteiger partial charge in [-0.1, -0.05) is 6.92 Å². The van der Waals surface area contributed by atoms with Gasteiger partial charge in [-0.25, -0.2) is 0 Å². The molecule has 0 aromatic heterocycles. The lowest BCUT2D eigenvalue weighted by atomic mass is 10.4. The van der Waals surface area contributed by atoms with Gasteiger partial charge in [0.2, 0.25) is 0 Å². The zero-order valence-electron chi connectivity index (χ0n) is 6.30. The zero-order chi connectivity index (χ0) is 7.11. The zero-order valence-corrected chi connectivity index (χ0v) is 6.30. The largest absolute Gasteiger partial charge is 0.403 e. The lowest BCUT2D eigenvalue weighted by molar-refractivity contribution is 0.395. The number of hydrogen-bond acceptors (Lipinski definition) is 2. The van der Waals surface area contributed by atoms with Gasteiger partial charge in [0.1, 0.15) is 0 Å². The molecule has 0 spiro atoms. The van der Waals surface area contributed by atoms with Crippen molar-refractivity contribution < 1.29 is 0 Å². The van der Waals surface area contributed by atoms with Crippen molar-refractivity contribution in [1.82, 2.24) is 4.90 Å². The number of rotatable bonds is 4. The standard InChI is InChI=1S/C7H16N2/c1-3-6-9(4-2)7-5-8/h5,7H,3-4,6,8H2,1-2H3/b7-5-. The van der Waals surface area contributed by atoms with E-state index < -0.39 is 0 Å². The Bertz CT molecular complexity index is 79.0. The summed E-state index contributed by atoms with van der Waals surface area (Å²) in [5.74, 6) is 0. The molecule has 0 aliphatic rings. The molecule has 0 aromatic carbocycles. The molecule has 54 valence electrons. The Morgan fingerprint density at radius 3 is 2.44 bits per heavy atom. The van der Waals surface area contributed by atoms with E-state index in [1.54, 1.807) is 6.20 Å². The minimum absolute atomic E-state index is 1.04. The summed E-state index contributed by atoms with van der Waals surface area (Å²) in [7, 11) is 0. The van der Waals surface area contributed by atoms with Crippen molar-refractivity contribution in [3.63, 3.8) is 0 Å². The fraction of sp³-hybridized carbons (Fsp3) is 0.714. The van der Waals surface area contributed by atoms with E-state index in [2.05, 4.69) is 18.7 Å². The molecule has 2 nitrogen and oxygen atoms in total. The van der Waals surface area contributed by atoms with Gasteiger partial charge in [-0.3, -0.25) is 0 Å². The smallest absolute Gasteiger partial charge is 0.0170 e. The maximum Gasteiger partial charge on any atom is 0.0170 e. The summed E-state index contributed by atoms with van der Waals surface area (Å²) in [5, 5.41) is 0. The molecule has 0 rings (SSSR count). The molecule has 0 aliphatic carbocycles. The highest BCUT2D eigenvalue weighted by atomic mass is 15.1. The van der Waals surface area contributed by atoms with E-state index in [9.17, 15) is 0 Å². The summed E-state index contributed by atoms with van der Waals surface area (Å²) >= 11 is 0. The first-order valence-electron chi connectivity index (χ1n) is 3.47. The topological polar surface area (TPSA) is 29.3 Å². The van der Waals surface area contributed by atoms with Crippen LogP contribution in [0.2, 0.25) is 0 Å². The van der Waals surface area contributed by atoms with Crippen LogP contribution in [-0.2, 0) is 0 Å². The molecule has 0 atom stereocenters. The average Bonchev–Trinajstić information content (AvgIpc) is 1.88. The first-order chi connectivity index (χ1) is 4.35. The van der Waals surface area contributed by atoms with E-state index >= 15 is 0 Å². The maximum atomic E-state index is 5.21. The number of hydrogen-bond donors (Lipinski definition) is 1. The van der Waals surface area contributed by atoms with E-state index in [4.69, 9.17) is 5.73 Å². The maximum absolute atomic E-state index is 5.21. The van der Waals surface area contributed by atoms with Crippen LogP contribution in [-0.4, -0.2) is 18.0 Å². The molecule has 0 amide bonds. The van der Waals surface area contributed by atoms with Gasteiger partial charge < -0.3 is 10.6 Å². The van der Waals surface area contributed by atoms with E-state index in [0.29, 0.717) is 0 Å². The predicted molar refractivity (Wildman–Crippen MR) is 40.9 cm³/mol. The second kappa shape index (κ2) is 5.48. The monoisotopic (exact) mass is 128 g/mol. The second-order valence-electron chi connectivity index (χ2n) is 1.97. The molecular weight excluding hydrogens is 112 g/mol. The van der Waals surface area contributed by atoms with Gasteiger partial charge in [-0.15, -0.1) is 0 Å². The molecule has 0 unspecified atom stereocenters. The molecule has 9 heavy (non-hydrogen) atoms. The molecule has 0 aliphatic heterocycles.